The van der Waals surface area contributed by atoms with Crippen molar-refractivity contribution < 1.29 is 4.74 Å². The molecule has 1 unspecified atom stereocenters. The van der Waals surface area contributed by atoms with E-state index in [9.17, 15) is 0 Å². The largest absolute Gasteiger partial charge is 0.383 e. The normalized spacial score (nSPS) is 12.4. The van der Waals surface area contributed by atoms with Crippen LogP contribution in [0, 0.1) is 0 Å². The van der Waals surface area contributed by atoms with Crippen molar-refractivity contribution in [1.82, 2.24) is 5.32 Å². The van der Waals surface area contributed by atoms with Crippen LogP contribution in [0.25, 0.3) is 5.57 Å². The summed E-state index contributed by atoms with van der Waals surface area (Å²) in [4.78, 5) is 0. The van der Waals surface area contributed by atoms with Gasteiger partial charge in [-0.1, -0.05) is 36.9 Å². The zero-order valence-electron chi connectivity index (χ0n) is 9.49. The van der Waals surface area contributed by atoms with Gasteiger partial charge >= 0.3 is 0 Å². The number of rotatable bonds is 6. The second-order valence-electron chi connectivity index (χ2n) is 3.71. The minimum Gasteiger partial charge on any atom is -0.383 e. The van der Waals surface area contributed by atoms with E-state index in [0.29, 0.717) is 6.04 Å². The van der Waals surface area contributed by atoms with E-state index in [2.05, 4.69) is 31.0 Å². The molecule has 0 aliphatic carbocycles. The molecule has 15 heavy (non-hydrogen) atoms. The molecular weight excluding hydrogens is 186 g/mol. The van der Waals surface area contributed by atoms with E-state index in [0.717, 1.165) is 18.7 Å². The van der Waals surface area contributed by atoms with Crippen LogP contribution in [0.2, 0.25) is 0 Å². The Labute approximate surface area is 92.0 Å². The third-order valence-electron chi connectivity index (χ3n) is 2.26. The molecule has 82 valence electrons. The lowest BCUT2D eigenvalue weighted by Gasteiger charge is -2.14. The molecule has 0 saturated carbocycles. The molecule has 1 N–H and O–H groups in total. The van der Waals surface area contributed by atoms with Crippen LogP contribution in [0.4, 0.5) is 0 Å². The third-order valence-corrected chi connectivity index (χ3v) is 2.26. The van der Waals surface area contributed by atoms with E-state index in [1.165, 1.54) is 5.56 Å². The van der Waals surface area contributed by atoms with Gasteiger partial charge in [-0.05, 0) is 18.1 Å². The molecule has 0 bridgehead atoms. The first-order valence-electron chi connectivity index (χ1n) is 5.19. The zero-order valence-corrected chi connectivity index (χ0v) is 9.49. The highest BCUT2D eigenvalue weighted by Crippen LogP contribution is 2.10. The number of hydrogen-bond acceptors (Lipinski definition) is 2. The molecule has 2 heteroatoms. The summed E-state index contributed by atoms with van der Waals surface area (Å²) in [6, 6.07) is 10.6. The van der Waals surface area contributed by atoms with Crippen LogP contribution in [0.3, 0.4) is 0 Å². The van der Waals surface area contributed by atoms with E-state index < -0.39 is 0 Å². The third kappa shape index (κ3) is 4.28. The Balaban J connectivity index is 2.37. The smallest absolute Gasteiger partial charge is 0.0613 e. The summed E-state index contributed by atoms with van der Waals surface area (Å²) in [6.07, 6.45) is 0. The summed E-state index contributed by atoms with van der Waals surface area (Å²) in [6.45, 7) is 7.68. The maximum Gasteiger partial charge on any atom is 0.0613 e. The SMILES string of the molecule is C=C(CNC(C)COC)c1ccccc1. The number of nitrogens with one attached hydrogen (secondary N) is 1. The van der Waals surface area contributed by atoms with Crippen LogP contribution in [-0.2, 0) is 4.74 Å². The van der Waals surface area contributed by atoms with Crippen molar-refractivity contribution in [3.05, 3.63) is 42.5 Å². The van der Waals surface area contributed by atoms with E-state index in [1.54, 1.807) is 7.11 Å². The molecule has 0 heterocycles. The lowest BCUT2D eigenvalue weighted by Crippen LogP contribution is -2.31. The molecule has 0 aliphatic heterocycles. The molecule has 0 fully saturated rings. The Bertz CT molecular complexity index is 295. The average molecular weight is 205 g/mol. The van der Waals surface area contributed by atoms with Crippen LogP contribution in [0.5, 0.6) is 0 Å². The maximum absolute atomic E-state index is 5.05. The molecule has 0 spiro atoms. The Morgan fingerprint density at radius 3 is 2.67 bits per heavy atom. The highest BCUT2D eigenvalue weighted by Gasteiger charge is 2.02. The van der Waals surface area contributed by atoms with E-state index in [-0.39, 0.29) is 0 Å². The number of hydrogen-bond donors (Lipinski definition) is 1. The molecule has 0 saturated heterocycles. The average Bonchev–Trinajstić information content (AvgIpc) is 2.27. The molecule has 1 rings (SSSR count). The number of methoxy groups -OCH3 is 1. The van der Waals surface area contributed by atoms with Gasteiger partial charge < -0.3 is 10.1 Å². The van der Waals surface area contributed by atoms with Crippen LogP contribution in [-0.4, -0.2) is 26.3 Å². The summed E-state index contributed by atoms with van der Waals surface area (Å²) in [5.41, 5.74) is 2.30. The Morgan fingerprint density at radius 2 is 2.07 bits per heavy atom. The Kier molecular flexibility index (Phi) is 5.08. The van der Waals surface area contributed by atoms with Crippen LogP contribution in [0.1, 0.15) is 12.5 Å². The van der Waals surface area contributed by atoms with Gasteiger partial charge in [-0.25, -0.2) is 0 Å². The first-order valence-corrected chi connectivity index (χ1v) is 5.19. The quantitative estimate of drug-likeness (QED) is 0.769. The van der Waals surface area contributed by atoms with Gasteiger partial charge in [0.15, 0.2) is 0 Å². The fourth-order valence-corrected chi connectivity index (χ4v) is 1.38. The minimum absolute atomic E-state index is 0.357. The topological polar surface area (TPSA) is 21.3 Å². The van der Waals surface area contributed by atoms with Crippen molar-refractivity contribution >= 4 is 5.57 Å². The summed E-state index contributed by atoms with van der Waals surface area (Å²) < 4.78 is 5.05. The van der Waals surface area contributed by atoms with E-state index in [4.69, 9.17) is 4.74 Å². The van der Waals surface area contributed by atoms with Gasteiger partial charge in [0, 0.05) is 19.7 Å². The fraction of sp³-hybridized carbons (Fsp3) is 0.385. The number of ether oxygens (including phenoxy) is 1. The molecule has 1 aromatic rings. The molecule has 0 radical (unpaired) electrons. The molecule has 0 aliphatic rings. The second kappa shape index (κ2) is 6.38. The van der Waals surface area contributed by atoms with E-state index in [1.807, 2.05) is 18.2 Å². The Morgan fingerprint density at radius 1 is 1.40 bits per heavy atom. The summed E-state index contributed by atoms with van der Waals surface area (Å²) in [7, 11) is 1.71. The van der Waals surface area contributed by atoms with Gasteiger partial charge in [-0.15, -0.1) is 0 Å². The molecule has 1 aromatic carbocycles. The fourth-order valence-electron chi connectivity index (χ4n) is 1.38. The van der Waals surface area contributed by atoms with Gasteiger partial charge in [-0.2, -0.15) is 0 Å². The second-order valence-corrected chi connectivity index (χ2v) is 3.71. The zero-order chi connectivity index (χ0) is 11.1. The number of benzene rings is 1. The van der Waals surface area contributed by atoms with Crippen molar-refractivity contribution in [3.63, 3.8) is 0 Å². The van der Waals surface area contributed by atoms with Crippen molar-refractivity contribution in [1.29, 1.82) is 0 Å². The van der Waals surface area contributed by atoms with Gasteiger partial charge in [0.25, 0.3) is 0 Å². The van der Waals surface area contributed by atoms with Crippen LogP contribution < -0.4 is 5.32 Å². The van der Waals surface area contributed by atoms with Gasteiger partial charge in [-0.3, -0.25) is 0 Å². The van der Waals surface area contributed by atoms with Crippen molar-refractivity contribution in [2.24, 2.45) is 0 Å². The van der Waals surface area contributed by atoms with Gasteiger partial charge in [0.05, 0.1) is 6.61 Å². The van der Waals surface area contributed by atoms with Gasteiger partial charge in [0.1, 0.15) is 0 Å². The van der Waals surface area contributed by atoms with Crippen molar-refractivity contribution in [3.8, 4) is 0 Å². The summed E-state index contributed by atoms with van der Waals surface area (Å²) in [5, 5.41) is 3.36. The summed E-state index contributed by atoms with van der Waals surface area (Å²) >= 11 is 0. The molecular formula is C13H19NO. The van der Waals surface area contributed by atoms with E-state index >= 15 is 0 Å². The van der Waals surface area contributed by atoms with Crippen molar-refractivity contribution in [2.75, 3.05) is 20.3 Å². The molecule has 0 amide bonds. The monoisotopic (exact) mass is 205 g/mol. The highest BCUT2D eigenvalue weighted by molar-refractivity contribution is 5.64. The van der Waals surface area contributed by atoms with Crippen molar-refractivity contribution in [2.45, 2.75) is 13.0 Å². The lowest BCUT2D eigenvalue weighted by molar-refractivity contribution is 0.174. The molecule has 0 aromatic heterocycles. The summed E-state index contributed by atoms with van der Waals surface area (Å²) in [5.74, 6) is 0. The van der Waals surface area contributed by atoms with Gasteiger partial charge in [0.2, 0.25) is 0 Å². The predicted octanol–water partition coefficient (Wildman–Crippen LogP) is 2.32. The maximum atomic E-state index is 5.05. The van der Waals surface area contributed by atoms with Crippen LogP contribution in [0.15, 0.2) is 36.9 Å². The standard InChI is InChI=1S/C13H19NO/c1-11(9-14-12(2)10-15-3)13-7-5-4-6-8-13/h4-8,12,14H,1,9-10H2,2-3H3. The Hall–Kier alpha value is -1.12. The predicted molar refractivity (Wildman–Crippen MR) is 64.8 cm³/mol. The molecule has 2 nitrogen and oxygen atoms in total. The van der Waals surface area contributed by atoms with Crippen LogP contribution >= 0.6 is 0 Å². The first-order chi connectivity index (χ1) is 7.24. The lowest BCUT2D eigenvalue weighted by atomic mass is 10.1. The minimum atomic E-state index is 0.357. The highest BCUT2D eigenvalue weighted by atomic mass is 16.5. The first kappa shape index (κ1) is 12.0. The molecule has 1 atom stereocenters.